The molecule has 1 aromatic rings. The molecule has 21 heavy (non-hydrogen) atoms. The third kappa shape index (κ3) is 3.34. The van der Waals surface area contributed by atoms with Gasteiger partial charge in [0, 0.05) is 25.7 Å². The predicted molar refractivity (Wildman–Crippen MR) is 86.4 cm³/mol. The third-order valence-corrected chi connectivity index (χ3v) is 4.11. The van der Waals surface area contributed by atoms with Gasteiger partial charge in [-0.1, -0.05) is 13.8 Å². The summed E-state index contributed by atoms with van der Waals surface area (Å²) in [6.07, 6.45) is 2.37. The Balaban J connectivity index is 2.36. The highest BCUT2D eigenvalue weighted by molar-refractivity contribution is 5.46. The van der Waals surface area contributed by atoms with Crippen molar-refractivity contribution in [3.05, 3.63) is 0 Å². The first-order chi connectivity index (χ1) is 10.1. The summed E-state index contributed by atoms with van der Waals surface area (Å²) in [5.74, 6) is 7.95. The molecule has 1 aliphatic rings. The Morgan fingerprint density at radius 3 is 2.57 bits per heavy atom. The molecule has 0 aromatic carbocycles. The van der Waals surface area contributed by atoms with Crippen LogP contribution in [0.15, 0.2) is 0 Å². The van der Waals surface area contributed by atoms with E-state index in [9.17, 15) is 0 Å². The van der Waals surface area contributed by atoms with E-state index >= 15 is 0 Å². The van der Waals surface area contributed by atoms with Gasteiger partial charge in [0.15, 0.2) is 0 Å². The molecule has 0 aliphatic carbocycles. The number of anilines is 3. The topological polar surface area (TPSA) is 83.2 Å². The van der Waals surface area contributed by atoms with Crippen LogP contribution in [-0.2, 0) is 0 Å². The lowest BCUT2D eigenvalue weighted by molar-refractivity contribution is 0.486. The van der Waals surface area contributed by atoms with Crippen molar-refractivity contribution in [1.82, 2.24) is 15.0 Å². The normalized spacial score (nSPS) is 18.4. The molecule has 1 atom stereocenters. The first kappa shape index (κ1) is 15.8. The lowest BCUT2D eigenvalue weighted by Crippen LogP contribution is -2.36. The Kier molecular flexibility index (Phi) is 5.17. The van der Waals surface area contributed by atoms with E-state index in [0.29, 0.717) is 23.9 Å². The molecule has 118 valence electrons. The van der Waals surface area contributed by atoms with Crippen molar-refractivity contribution in [2.24, 2.45) is 11.8 Å². The summed E-state index contributed by atoms with van der Waals surface area (Å²) >= 11 is 0. The first-order valence-corrected chi connectivity index (χ1v) is 7.84. The molecule has 7 nitrogen and oxygen atoms in total. The average molecular weight is 293 g/mol. The number of hydrazine groups is 1. The van der Waals surface area contributed by atoms with Crippen molar-refractivity contribution in [2.75, 3.05) is 34.9 Å². The zero-order valence-corrected chi connectivity index (χ0v) is 13.5. The zero-order chi connectivity index (χ0) is 15.4. The number of hydrogen-bond acceptors (Lipinski definition) is 7. The Morgan fingerprint density at radius 2 is 2.00 bits per heavy atom. The molecule has 0 radical (unpaired) electrons. The molecule has 1 saturated heterocycles. The van der Waals surface area contributed by atoms with Gasteiger partial charge in [0.2, 0.25) is 17.8 Å². The van der Waals surface area contributed by atoms with Crippen LogP contribution in [0.4, 0.5) is 17.8 Å². The second kappa shape index (κ2) is 6.89. The molecule has 1 fully saturated rings. The van der Waals surface area contributed by atoms with Gasteiger partial charge in [-0.2, -0.15) is 15.0 Å². The maximum absolute atomic E-state index is 5.52. The molecule has 1 aliphatic heterocycles. The van der Waals surface area contributed by atoms with E-state index in [2.05, 4.69) is 57.9 Å². The SMILES string of the molecule is CCN(CC)c1nc(NN)nc(N2CCCC2C(C)C)n1. The molecular weight excluding hydrogens is 266 g/mol. The van der Waals surface area contributed by atoms with Gasteiger partial charge >= 0.3 is 0 Å². The minimum Gasteiger partial charge on any atom is -0.341 e. The highest BCUT2D eigenvalue weighted by Gasteiger charge is 2.30. The number of rotatable bonds is 6. The fourth-order valence-corrected chi connectivity index (χ4v) is 2.93. The van der Waals surface area contributed by atoms with E-state index in [-0.39, 0.29) is 0 Å². The van der Waals surface area contributed by atoms with Crippen molar-refractivity contribution in [3.63, 3.8) is 0 Å². The van der Waals surface area contributed by atoms with Gasteiger partial charge < -0.3 is 9.80 Å². The number of aromatic nitrogens is 3. The monoisotopic (exact) mass is 293 g/mol. The molecule has 0 amide bonds. The molecule has 3 N–H and O–H groups in total. The first-order valence-electron chi connectivity index (χ1n) is 7.84. The largest absolute Gasteiger partial charge is 0.341 e. The second-order valence-corrected chi connectivity index (χ2v) is 5.72. The average Bonchev–Trinajstić information content (AvgIpc) is 2.98. The predicted octanol–water partition coefficient (Wildman–Crippen LogP) is 1.63. The molecule has 2 heterocycles. The Labute approximate surface area is 126 Å². The molecule has 0 bridgehead atoms. The number of nitrogens with two attached hydrogens (primary N) is 1. The van der Waals surface area contributed by atoms with Gasteiger partial charge in [-0.15, -0.1) is 0 Å². The maximum atomic E-state index is 5.52. The second-order valence-electron chi connectivity index (χ2n) is 5.72. The Bertz CT molecular complexity index is 459. The van der Waals surface area contributed by atoms with Gasteiger partial charge in [-0.05, 0) is 32.6 Å². The van der Waals surface area contributed by atoms with Crippen molar-refractivity contribution >= 4 is 17.8 Å². The number of nitrogens with one attached hydrogen (secondary N) is 1. The van der Waals surface area contributed by atoms with E-state index in [4.69, 9.17) is 5.84 Å². The van der Waals surface area contributed by atoms with Crippen molar-refractivity contribution in [1.29, 1.82) is 0 Å². The van der Waals surface area contributed by atoms with Crippen molar-refractivity contribution in [2.45, 2.75) is 46.6 Å². The fourth-order valence-electron chi connectivity index (χ4n) is 2.93. The van der Waals surface area contributed by atoms with Crippen LogP contribution in [0, 0.1) is 5.92 Å². The van der Waals surface area contributed by atoms with Crippen LogP contribution >= 0.6 is 0 Å². The smallest absolute Gasteiger partial charge is 0.243 e. The summed E-state index contributed by atoms with van der Waals surface area (Å²) in [6, 6.07) is 0.488. The maximum Gasteiger partial charge on any atom is 0.243 e. The summed E-state index contributed by atoms with van der Waals surface area (Å²) in [4.78, 5) is 17.9. The van der Waals surface area contributed by atoms with E-state index < -0.39 is 0 Å². The van der Waals surface area contributed by atoms with Crippen LogP contribution in [0.2, 0.25) is 0 Å². The summed E-state index contributed by atoms with van der Waals surface area (Å²) in [7, 11) is 0. The van der Waals surface area contributed by atoms with Crippen LogP contribution in [0.5, 0.6) is 0 Å². The van der Waals surface area contributed by atoms with Gasteiger partial charge in [-0.3, -0.25) is 5.43 Å². The van der Waals surface area contributed by atoms with E-state index in [1.807, 2.05) is 0 Å². The molecule has 7 heteroatoms. The van der Waals surface area contributed by atoms with Crippen LogP contribution in [0.3, 0.4) is 0 Å². The lowest BCUT2D eigenvalue weighted by atomic mass is 10.0. The van der Waals surface area contributed by atoms with Gasteiger partial charge in [0.25, 0.3) is 0 Å². The summed E-state index contributed by atoms with van der Waals surface area (Å²) in [6.45, 7) is 11.4. The molecular formula is C14H27N7. The van der Waals surface area contributed by atoms with Crippen LogP contribution in [-0.4, -0.2) is 40.6 Å². The van der Waals surface area contributed by atoms with Crippen LogP contribution in [0.1, 0.15) is 40.5 Å². The molecule has 0 saturated carbocycles. The van der Waals surface area contributed by atoms with Crippen LogP contribution in [0.25, 0.3) is 0 Å². The van der Waals surface area contributed by atoms with Gasteiger partial charge in [0.1, 0.15) is 0 Å². The molecule has 0 spiro atoms. The number of hydrogen-bond donors (Lipinski definition) is 2. The fraction of sp³-hybridized carbons (Fsp3) is 0.786. The quantitative estimate of drug-likeness (QED) is 0.609. The van der Waals surface area contributed by atoms with Crippen LogP contribution < -0.4 is 21.1 Å². The van der Waals surface area contributed by atoms with Gasteiger partial charge in [-0.25, -0.2) is 5.84 Å². The number of nitrogens with zero attached hydrogens (tertiary/aromatic N) is 5. The lowest BCUT2D eigenvalue weighted by Gasteiger charge is -2.29. The van der Waals surface area contributed by atoms with Crippen molar-refractivity contribution in [3.8, 4) is 0 Å². The standard InChI is InChI=1S/C14H27N7/c1-5-20(6-2)13-16-12(19-15)17-14(18-13)21-9-7-8-11(21)10(3)4/h10-11H,5-9,15H2,1-4H3,(H,16,17,18,19). The Morgan fingerprint density at radius 1 is 1.29 bits per heavy atom. The zero-order valence-electron chi connectivity index (χ0n) is 13.5. The highest BCUT2D eigenvalue weighted by Crippen LogP contribution is 2.28. The highest BCUT2D eigenvalue weighted by atomic mass is 15.4. The molecule has 2 rings (SSSR count). The minimum atomic E-state index is 0.427. The minimum absolute atomic E-state index is 0.427. The van der Waals surface area contributed by atoms with Crippen molar-refractivity contribution < 1.29 is 0 Å². The number of nitrogen functional groups attached to an aromatic ring is 1. The molecule has 1 aromatic heterocycles. The summed E-state index contributed by atoms with van der Waals surface area (Å²) in [5.41, 5.74) is 2.56. The van der Waals surface area contributed by atoms with E-state index in [1.54, 1.807) is 0 Å². The summed E-state index contributed by atoms with van der Waals surface area (Å²) < 4.78 is 0. The molecule has 1 unspecified atom stereocenters. The summed E-state index contributed by atoms with van der Waals surface area (Å²) in [5, 5.41) is 0. The Hall–Kier alpha value is -1.63. The third-order valence-electron chi connectivity index (χ3n) is 4.11. The van der Waals surface area contributed by atoms with Gasteiger partial charge in [0.05, 0.1) is 0 Å². The van der Waals surface area contributed by atoms with E-state index in [1.165, 1.54) is 12.8 Å². The van der Waals surface area contributed by atoms with E-state index in [0.717, 1.165) is 25.6 Å².